The zero-order chi connectivity index (χ0) is 21.8. The summed E-state index contributed by atoms with van der Waals surface area (Å²) in [6.07, 6.45) is 0. The van der Waals surface area contributed by atoms with Crippen LogP contribution in [-0.4, -0.2) is 36.8 Å². The number of aryl methyl sites for hydroxylation is 1. The zero-order valence-electron chi connectivity index (χ0n) is 15.8. The molecule has 0 atom stereocenters. The minimum absolute atomic E-state index is 0.0571. The predicted molar refractivity (Wildman–Crippen MR) is 103 cm³/mol. The lowest BCUT2D eigenvalue weighted by atomic mass is 10.2. The third kappa shape index (κ3) is 4.32. The maximum atomic E-state index is 12.5. The van der Waals surface area contributed by atoms with E-state index in [1.54, 1.807) is 13.8 Å². The molecule has 3 aromatic rings. The summed E-state index contributed by atoms with van der Waals surface area (Å²) in [5, 5.41) is 33.5. The third-order valence-corrected chi connectivity index (χ3v) is 4.12. The summed E-state index contributed by atoms with van der Waals surface area (Å²) in [5.41, 5.74) is 1.23. The van der Waals surface area contributed by atoms with Gasteiger partial charge in [-0.25, -0.2) is 4.79 Å². The number of non-ortho nitro benzene ring substituents is 2. The van der Waals surface area contributed by atoms with E-state index in [0.29, 0.717) is 11.4 Å². The molecule has 0 radical (unpaired) electrons. The maximum absolute atomic E-state index is 12.5. The standard InChI is InChI=1S/C18H14N6O6/c1-11-12(2)22(21-19-11)20-17(13-3-7-15(8-4-13)23(26)27)30-18(25)14-5-9-16(10-6-14)24(28)29/h3-10H,1-2H3/b20-17+. The van der Waals surface area contributed by atoms with Crippen molar-refractivity contribution in [2.75, 3.05) is 0 Å². The van der Waals surface area contributed by atoms with Crippen LogP contribution in [-0.2, 0) is 4.74 Å². The molecule has 0 unspecified atom stereocenters. The van der Waals surface area contributed by atoms with Crippen LogP contribution in [0.2, 0.25) is 0 Å². The fourth-order valence-electron chi connectivity index (χ4n) is 2.30. The van der Waals surface area contributed by atoms with Crippen molar-refractivity contribution < 1.29 is 19.4 Å². The number of nitro groups is 2. The summed E-state index contributed by atoms with van der Waals surface area (Å²) in [7, 11) is 0. The Kier molecular flexibility index (Phi) is 5.58. The van der Waals surface area contributed by atoms with Gasteiger partial charge in [0.25, 0.3) is 11.4 Å². The second kappa shape index (κ2) is 8.26. The maximum Gasteiger partial charge on any atom is 0.344 e. The van der Waals surface area contributed by atoms with Gasteiger partial charge in [-0.15, -0.1) is 15.0 Å². The van der Waals surface area contributed by atoms with E-state index in [2.05, 4.69) is 15.4 Å². The van der Waals surface area contributed by atoms with Crippen molar-refractivity contribution in [3.05, 3.63) is 91.3 Å². The molecule has 152 valence electrons. The summed E-state index contributed by atoms with van der Waals surface area (Å²) in [6.45, 7) is 3.44. The smallest absolute Gasteiger partial charge is 0.344 e. The van der Waals surface area contributed by atoms with Crippen LogP contribution in [0.15, 0.2) is 53.6 Å². The average molecular weight is 410 g/mol. The van der Waals surface area contributed by atoms with Gasteiger partial charge in [-0.2, -0.15) is 0 Å². The minimum Gasteiger partial charge on any atom is -0.402 e. The Morgan fingerprint density at radius 1 is 0.933 bits per heavy atom. The monoisotopic (exact) mass is 410 g/mol. The van der Waals surface area contributed by atoms with Crippen molar-refractivity contribution in [3.8, 4) is 0 Å². The number of hydrogen-bond acceptors (Lipinski definition) is 9. The van der Waals surface area contributed by atoms with Gasteiger partial charge in [-0.05, 0) is 43.3 Å². The molecule has 0 N–H and O–H groups in total. The fraction of sp³-hybridized carbons (Fsp3) is 0.111. The van der Waals surface area contributed by atoms with E-state index in [1.165, 1.54) is 48.5 Å². The van der Waals surface area contributed by atoms with Crippen LogP contribution in [0, 0.1) is 34.1 Å². The van der Waals surface area contributed by atoms with Crippen LogP contribution in [0.1, 0.15) is 27.3 Å². The lowest BCUT2D eigenvalue weighted by Crippen LogP contribution is -2.16. The number of carbonyl (C=O) groups excluding carboxylic acids is 1. The largest absolute Gasteiger partial charge is 0.402 e. The van der Waals surface area contributed by atoms with Crippen LogP contribution in [0.4, 0.5) is 11.4 Å². The van der Waals surface area contributed by atoms with Crippen molar-refractivity contribution in [3.63, 3.8) is 0 Å². The molecule has 0 amide bonds. The number of nitro benzene ring substituents is 2. The number of ether oxygens (including phenoxy) is 1. The molecule has 0 spiro atoms. The molecule has 2 aromatic carbocycles. The van der Waals surface area contributed by atoms with Crippen LogP contribution >= 0.6 is 0 Å². The number of nitrogens with zero attached hydrogens (tertiary/aromatic N) is 6. The molecule has 0 bridgehead atoms. The fourth-order valence-corrected chi connectivity index (χ4v) is 2.30. The molecular weight excluding hydrogens is 396 g/mol. The molecule has 1 aromatic heterocycles. The normalized spacial score (nSPS) is 11.2. The topological polar surface area (TPSA) is 156 Å². The first-order valence-corrected chi connectivity index (χ1v) is 8.45. The molecule has 12 nitrogen and oxygen atoms in total. The summed E-state index contributed by atoms with van der Waals surface area (Å²) in [4.78, 5) is 34.2. The van der Waals surface area contributed by atoms with Gasteiger partial charge in [-0.1, -0.05) is 0 Å². The minimum atomic E-state index is -0.823. The predicted octanol–water partition coefficient (Wildman–Crippen LogP) is 2.78. The Labute approximate surface area is 168 Å². The van der Waals surface area contributed by atoms with E-state index in [4.69, 9.17) is 4.74 Å². The first kappa shape index (κ1) is 20.3. The molecule has 0 aliphatic carbocycles. The molecule has 12 heteroatoms. The van der Waals surface area contributed by atoms with Gasteiger partial charge < -0.3 is 4.74 Å². The average Bonchev–Trinajstić information content (AvgIpc) is 3.05. The molecule has 1 heterocycles. The molecule has 0 saturated carbocycles. The lowest BCUT2D eigenvalue weighted by molar-refractivity contribution is -0.385. The number of benzene rings is 2. The van der Waals surface area contributed by atoms with Crippen molar-refractivity contribution in [2.24, 2.45) is 5.10 Å². The van der Waals surface area contributed by atoms with Gasteiger partial charge in [0.05, 0.1) is 26.8 Å². The van der Waals surface area contributed by atoms with E-state index in [0.717, 1.165) is 4.79 Å². The molecule has 30 heavy (non-hydrogen) atoms. The van der Waals surface area contributed by atoms with Gasteiger partial charge >= 0.3 is 5.97 Å². The van der Waals surface area contributed by atoms with Crippen molar-refractivity contribution in [2.45, 2.75) is 13.8 Å². The van der Waals surface area contributed by atoms with Gasteiger partial charge in [0, 0.05) is 29.8 Å². The Morgan fingerprint density at radius 2 is 1.43 bits per heavy atom. The summed E-state index contributed by atoms with van der Waals surface area (Å²) < 4.78 is 5.37. The Bertz CT molecular complexity index is 1150. The van der Waals surface area contributed by atoms with Crippen molar-refractivity contribution in [1.29, 1.82) is 0 Å². The van der Waals surface area contributed by atoms with Gasteiger partial charge in [-0.3, -0.25) is 20.2 Å². The van der Waals surface area contributed by atoms with Crippen molar-refractivity contribution in [1.82, 2.24) is 15.1 Å². The summed E-state index contributed by atoms with van der Waals surface area (Å²) in [6, 6.07) is 10.1. The van der Waals surface area contributed by atoms with E-state index in [9.17, 15) is 25.0 Å². The van der Waals surface area contributed by atoms with E-state index >= 15 is 0 Å². The zero-order valence-corrected chi connectivity index (χ0v) is 15.8. The van der Waals surface area contributed by atoms with E-state index < -0.39 is 15.8 Å². The molecule has 0 fully saturated rings. The first-order valence-electron chi connectivity index (χ1n) is 8.45. The molecule has 3 rings (SSSR count). The first-order chi connectivity index (χ1) is 14.3. The summed E-state index contributed by atoms with van der Waals surface area (Å²) in [5.74, 6) is -1.00. The Morgan fingerprint density at radius 3 is 1.87 bits per heavy atom. The van der Waals surface area contributed by atoms with Crippen LogP contribution < -0.4 is 0 Å². The SMILES string of the molecule is Cc1nnn(/N=C(/OC(=O)c2ccc([N+](=O)[O-])cc2)c2ccc([N+](=O)[O-])cc2)c1C. The van der Waals surface area contributed by atoms with E-state index in [1.807, 2.05) is 0 Å². The number of hydrogen-bond donors (Lipinski definition) is 0. The van der Waals surface area contributed by atoms with Gasteiger partial charge in [0.15, 0.2) is 0 Å². The van der Waals surface area contributed by atoms with Crippen LogP contribution in [0.3, 0.4) is 0 Å². The number of rotatable bonds is 5. The summed E-state index contributed by atoms with van der Waals surface area (Å²) >= 11 is 0. The van der Waals surface area contributed by atoms with Crippen LogP contribution in [0.25, 0.3) is 0 Å². The third-order valence-electron chi connectivity index (χ3n) is 4.12. The molecular formula is C18H14N6O6. The second-order valence-electron chi connectivity index (χ2n) is 6.05. The highest BCUT2D eigenvalue weighted by Crippen LogP contribution is 2.16. The molecule has 0 aliphatic rings. The van der Waals surface area contributed by atoms with Gasteiger partial charge in [0.2, 0.25) is 5.90 Å². The Balaban J connectivity index is 1.96. The van der Waals surface area contributed by atoms with Gasteiger partial charge in [0.1, 0.15) is 0 Å². The molecule has 0 aliphatic heterocycles. The number of carbonyl (C=O) groups is 1. The Hall–Kier alpha value is -4.48. The quantitative estimate of drug-likeness (QED) is 0.204. The second-order valence-corrected chi connectivity index (χ2v) is 6.05. The van der Waals surface area contributed by atoms with Crippen LogP contribution in [0.5, 0.6) is 0 Å². The highest BCUT2D eigenvalue weighted by Gasteiger charge is 2.18. The molecule has 0 saturated heterocycles. The highest BCUT2D eigenvalue weighted by atomic mass is 16.6. The number of aromatic nitrogens is 3. The lowest BCUT2D eigenvalue weighted by Gasteiger charge is -2.08. The van der Waals surface area contributed by atoms with E-state index in [-0.39, 0.29) is 28.4 Å². The highest BCUT2D eigenvalue weighted by molar-refractivity contribution is 6.05. The number of esters is 1. The van der Waals surface area contributed by atoms with Crippen molar-refractivity contribution >= 4 is 23.2 Å².